The van der Waals surface area contributed by atoms with Crippen LogP contribution in [0.1, 0.15) is 24.2 Å². The smallest absolute Gasteiger partial charge is 0.220 e. The number of methoxy groups -OCH3 is 1. The normalized spacial score (nSPS) is 18.4. The van der Waals surface area contributed by atoms with E-state index in [2.05, 4.69) is 14.9 Å². The molecular weight excluding hydrogens is 304 g/mol. The van der Waals surface area contributed by atoms with Crippen molar-refractivity contribution in [3.8, 4) is 5.75 Å². The van der Waals surface area contributed by atoms with Gasteiger partial charge in [0, 0.05) is 57.3 Å². The van der Waals surface area contributed by atoms with Gasteiger partial charge in [-0.25, -0.2) is 0 Å². The second-order valence-corrected chi connectivity index (χ2v) is 5.90. The van der Waals surface area contributed by atoms with Crippen LogP contribution in [0.25, 0.3) is 0 Å². The second-order valence-electron chi connectivity index (χ2n) is 5.90. The number of nitrogens with zero attached hydrogens (tertiary/aromatic N) is 4. The van der Waals surface area contributed by atoms with Gasteiger partial charge < -0.3 is 9.64 Å². The lowest BCUT2D eigenvalue weighted by Gasteiger charge is -2.41. The minimum Gasteiger partial charge on any atom is -0.496 e. The van der Waals surface area contributed by atoms with Crippen molar-refractivity contribution in [1.29, 1.82) is 0 Å². The van der Waals surface area contributed by atoms with Gasteiger partial charge in [0.15, 0.2) is 0 Å². The zero-order valence-corrected chi connectivity index (χ0v) is 14.1. The second kappa shape index (κ2) is 7.40. The SMILES string of the molecule is COc1ccccc1C1CN(Cc2cnccn2)CCN1C(C)=O. The highest BCUT2D eigenvalue weighted by Crippen LogP contribution is 2.32. The van der Waals surface area contributed by atoms with E-state index < -0.39 is 0 Å². The van der Waals surface area contributed by atoms with Gasteiger partial charge >= 0.3 is 0 Å². The van der Waals surface area contributed by atoms with Crippen molar-refractivity contribution in [3.05, 3.63) is 54.1 Å². The van der Waals surface area contributed by atoms with Gasteiger partial charge in [-0.05, 0) is 6.07 Å². The monoisotopic (exact) mass is 326 g/mol. The topological polar surface area (TPSA) is 58.6 Å². The van der Waals surface area contributed by atoms with Crippen molar-refractivity contribution in [1.82, 2.24) is 19.8 Å². The molecule has 1 aliphatic heterocycles. The summed E-state index contributed by atoms with van der Waals surface area (Å²) in [7, 11) is 1.66. The van der Waals surface area contributed by atoms with Gasteiger partial charge in [0.1, 0.15) is 5.75 Å². The molecule has 0 bridgehead atoms. The van der Waals surface area contributed by atoms with Gasteiger partial charge in [-0.15, -0.1) is 0 Å². The van der Waals surface area contributed by atoms with E-state index in [9.17, 15) is 4.79 Å². The molecule has 1 aliphatic rings. The van der Waals surface area contributed by atoms with Crippen molar-refractivity contribution in [2.24, 2.45) is 0 Å². The summed E-state index contributed by atoms with van der Waals surface area (Å²) < 4.78 is 5.50. The maximum atomic E-state index is 12.1. The van der Waals surface area contributed by atoms with Crippen LogP contribution in [-0.4, -0.2) is 52.4 Å². The van der Waals surface area contributed by atoms with E-state index in [-0.39, 0.29) is 11.9 Å². The first-order chi connectivity index (χ1) is 11.7. The van der Waals surface area contributed by atoms with Gasteiger partial charge in [-0.1, -0.05) is 18.2 Å². The molecule has 1 aromatic carbocycles. The number of piperazine rings is 1. The number of aromatic nitrogens is 2. The third-order valence-electron chi connectivity index (χ3n) is 4.37. The lowest BCUT2D eigenvalue weighted by molar-refractivity contribution is -0.134. The summed E-state index contributed by atoms with van der Waals surface area (Å²) in [6, 6.07) is 7.88. The highest BCUT2D eigenvalue weighted by atomic mass is 16.5. The molecule has 1 amide bonds. The Balaban J connectivity index is 1.83. The first-order valence-corrected chi connectivity index (χ1v) is 8.06. The summed E-state index contributed by atoms with van der Waals surface area (Å²) in [5.41, 5.74) is 1.98. The van der Waals surface area contributed by atoms with E-state index in [0.717, 1.165) is 36.6 Å². The molecule has 1 aromatic heterocycles. The molecule has 1 unspecified atom stereocenters. The zero-order chi connectivity index (χ0) is 16.9. The maximum absolute atomic E-state index is 12.1. The maximum Gasteiger partial charge on any atom is 0.220 e. The highest BCUT2D eigenvalue weighted by molar-refractivity contribution is 5.74. The Morgan fingerprint density at radius 3 is 2.83 bits per heavy atom. The summed E-state index contributed by atoms with van der Waals surface area (Å²) in [5, 5.41) is 0. The van der Waals surface area contributed by atoms with Crippen molar-refractivity contribution < 1.29 is 9.53 Å². The summed E-state index contributed by atoms with van der Waals surface area (Å²) >= 11 is 0. The van der Waals surface area contributed by atoms with Crippen LogP contribution in [0.2, 0.25) is 0 Å². The molecular formula is C18H22N4O2. The number of hydrogen-bond acceptors (Lipinski definition) is 5. The molecule has 0 saturated carbocycles. The van der Waals surface area contributed by atoms with Crippen molar-refractivity contribution in [2.75, 3.05) is 26.7 Å². The van der Waals surface area contributed by atoms with E-state index in [1.807, 2.05) is 29.2 Å². The Hall–Kier alpha value is -2.47. The molecule has 6 heteroatoms. The molecule has 126 valence electrons. The van der Waals surface area contributed by atoms with Crippen LogP contribution in [-0.2, 0) is 11.3 Å². The molecule has 2 aromatic rings. The van der Waals surface area contributed by atoms with E-state index in [0.29, 0.717) is 6.54 Å². The predicted octanol–water partition coefficient (Wildman–Crippen LogP) is 1.89. The first kappa shape index (κ1) is 16.4. The van der Waals surface area contributed by atoms with Gasteiger partial charge in [0.2, 0.25) is 5.91 Å². The van der Waals surface area contributed by atoms with Gasteiger partial charge in [0.05, 0.1) is 18.8 Å². The molecule has 6 nitrogen and oxygen atoms in total. The quantitative estimate of drug-likeness (QED) is 0.859. The Morgan fingerprint density at radius 2 is 2.12 bits per heavy atom. The molecule has 0 radical (unpaired) electrons. The van der Waals surface area contributed by atoms with Crippen molar-refractivity contribution in [2.45, 2.75) is 19.5 Å². The van der Waals surface area contributed by atoms with Crippen LogP contribution in [0.15, 0.2) is 42.9 Å². The number of benzene rings is 1. The Bertz CT molecular complexity index is 692. The van der Waals surface area contributed by atoms with Crippen LogP contribution in [0, 0.1) is 0 Å². The minimum absolute atomic E-state index is 0.0240. The molecule has 0 spiro atoms. The predicted molar refractivity (Wildman–Crippen MR) is 90.4 cm³/mol. The highest BCUT2D eigenvalue weighted by Gasteiger charge is 2.31. The van der Waals surface area contributed by atoms with Crippen LogP contribution in [0.3, 0.4) is 0 Å². The summed E-state index contributed by atoms with van der Waals surface area (Å²) in [5.74, 6) is 0.903. The number of ether oxygens (including phenoxy) is 1. The molecule has 24 heavy (non-hydrogen) atoms. The molecule has 1 saturated heterocycles. The summed E-state index contributed by atoms with van der Waals surface area (Å²) in [6.07, 6.45) is 5.17. The van der Waals surface area contributed by atoms with Crippen LogP contribution in [0.5, 0.6) is 5.75 Å². The average molecular weight is 326 g/mol. The summed E-state index contributed by atoms with van der Waals surface area (Å²) in [6.45, 7) is 4.61. The summed E-state index contributed by atoms with van der Waals surface area (Å²) in [4.78, 5) is 24.8. The number of carbonyl (C=O) groups is 1. The Morgan fingerprint density at radius 1 is 1.29 bits per heavy atom. The van der Waals surface area contributed by atoms with Crippen LogP contribution < -0.4 is 4.74 Å². The van der Waals surface area contributed by atoms with Crippen molar-refractivity contribution in [3.63, 3.8) is 0 Å². The molecule has 0 N–H and O–H groups in total. The third-order valence-corrected chi connectivity index (χ3v) is 4.37. The van der Waals surface area contributed by atoms with Crippen LogP contribution in [0.4, 0.5) is 0 Å². The molecule has 2 heterocycles. The van der Waals surface area contributed by atoms with E-state index >= 15 is 0 Å². The van der Waals surface area contributed by atoms with E-state index in [4.69, 9.17) is 4.74 Å². The van der Waals surface area contributed by atoms with E-state index in [1.54, 1.807) is 32.6 Å². The van der Waals surface area contributed by atoms with Gasteiger partial charge in [-0.3, -0.25) is 19.7 Å². The number of amides is 1. The Labute approximate surface area is 142 Å². The molecule has 3 rings (SSSR count). The number of carbonyl (C=O) groups excluding carboxylic acids is 1. The lowest BCUT2D eigenvalue weighted by atomic mass is 10.0. The largest absolute Gasteiger partial charge is 0.496 e. The van der Waals surface area contributed by atoms with Gasteiger partial charge in [0.25, 0.3) is 0 Å². The fourth-order valence-electron chi connectivity index (χ4n) is 3.21. The van der Waals surface area contributed by atoms with Crippen LogP contribution >= 0.6 is 0 Å². The first-order valence-electron chi connectivity index (χ1n) is 8.06. The van der Waals surface area contributed by atoms with E-state index in [1.165, 1.54) is 0 Å². The average Bonchev–Trinajstić information content (AvgIpc) is 2.62. The molecule has 1 fully saturated rings. The number of rotatable bonds is 4. The molecule has 1 atom stereocenters. The molecule has 0 aliphatic carbocycles. The Kier molecular flexibility index (Phi) is 5.05. The fraction of sp³-hybridized carbons (Fsp3) is 0.389. The fourth-order valence-corrected chi connectivity index (χ4v) is 3.21. The number of para-hydroxylation sites is 1. The van der Waals surface area contributed by atoms with Gasteiger partial charge in [-0.2, -0.15) is 0 Å². The standard InChI is InChI=1S/C18H22N4O2/c1-14(23)22-10-9-21(12-15-11-19-7-8-20-15)13-17(22)16-5-3-4-6-18(16)24-2/h3-8,11,17H,9-10,12-13H2,1-2H3. The minimum atomic E-state index is -0.0240. The number of hydrogen-bond donors (Lipinski definition) is 0. The third kappa shape index (κ3) is 3.54. The lowest BCUT2D eigenvalue weighted by Crippen LogP contribution is -2.49. The van der Waals surface area contributed by atoms with Crippen molar-refractivity contribution >= 4 is 5.91 Å². The zero-order valence-electron chi connectivity index (χ0n) is 14.1.